The molecule has 3 rings (SSSR count). The van der Waals surface area contributed by atoms with E-state index in [0.29, 0.717) is 29.7 Å². The number of anilines is 1. The van der Waals surface area contributed by atoms with E-state index in [-0.39, 0.29) is 0 Å². The smallest absolute Gasteiger partial charge is 0.213 e. The molecule has 94 valence electrons. The molecule has 0 unspecified atom stereocenters. The molecule has 0 atom stereocenters. The maximum absolute atomic E-state index is 8.91. The molecule has 8 heteroatoms. The molecule has 0 saturated carbocycles. The van der Waals surface area contributed by atoms with E-state index in [9.17, 15) is 0 Å². The molecule has 0 bridgehead atoms. The summed E-state index contributed by atoms with van der Waals surface area (Å²) >= 11 is 0. The monoisotopic (exact) mass is 254 g/mol. The van der Waals surface area contributed by atoms with E-state index in [2.05, 4.69) is 20.1 Å². The van der Waals surface area contributed by atoms with Crippen molar-refractivity contribution in [3.05, 3.63) is 30.2 Å². The van der Waals surface area contributed by atoms with Crippen LogP contribution in [0.1, 0.15) is 11.6 Å². The summed E-state index contributed by atoms with van der Waals surface area (Å²) in [4.78, 5) is 12.5. The number of aryl methyl sites for hydroxylation is 1. The third-order valence-corrected chi connectivity index (χ3v) is 2.80. The lowest BCUT2D eigenvalue weighted by Gasteiger charge is -2.04. The van der Waals surface area contributed by atoms with Gasteiger partial charge in [-0.15, -0.1) is 0 Å². The number of rotatable bonds is 2. The predicted octanol–water partition coefficient (Wildman–Crippen LogP) is 0.0620. The molecule has 3 heterocycles. The van der Waals surface area contributed by atoms with Crippen LogP contribution in [0.2, 0.25) is 0 Å². The summed E-state index contributed by atoms with van der Waals surface area (Å²) in [6.07, 6.45) is 4.89. The molecular formula is C11H10N8. The Morgan fingerprint density at radius 2 is 2.26 bits per heavy atom. The van der Waals surface area contributed by atoms with Gasteiger partial charge in [-0.1, -0.05) is 0 Å². The summed E-state index contributed by atoms with van der Waals surface area (Å²) in [6.45, 7) is 0.341. The average Bonchev–Trinajstić information content (AvgIpc) is 2.97. The summed E-state index contributed by atoms with van der Waals surface area (Å²) in [6, 6.07) is 2.00. The fraction of sp³-hybridized carbons (Fsp3) is 0.182. The van der Waals surface area contributed by atoms with Gasteiger partial charge in [-0.25, -0.2) is 15.0 Å². The fourth-order valence-electron chi connectivity index (χ4n) is 1.86. The minimum atomic E-state index is 0.312. The van der Waals surface area contributed by atoms with Gasteiger partial charge in [-0.3, -0.25) is 4.68 Å². The Labute approximate surface area is 108 Å². The van der Waals surface area contributed by atoms with Crippen molar-refractivity contribution < 1.29 is 0 Å². The zero-order valence-electron chi connectivity index (χ0n) is 10.1. The summed E-state index contributed by atoms with van der Waals surface area (Å²) in [5.41, 5.74) is 6.54. The maximum atomic E-state index is 8.91. The molecule has 0 fully saturated rings. The lowest BCUT2D eigenvalue weighted by atomic mass is 10.4. The van der Waals surface area contributed by atoms with E-state index in [1.54, 1.807) is 34.9 Å². The summed E-state index contributed by atoms with van der Waals surface area (Å²) in [7, 11) is 1.79. The van der Waals surface area contributed by atoms with Gasteiger partial charge in [0.2, 0.25) is 5.82 Å². The number of imidazole rings is 1. The van der Waals surface area contributed by atoms with E-state index in [1.807, 2.05) is 6.07 Å². The highest BCUT2D eigenvalue weighted by molar-refractivity contribution is 5.84. The number of nitrogen functional groups attached to an aromatic ring is 1. The largest absolute Gasteiger partial charge is 0.383 e. The molecule has 0 saturated heterocycles. The van der Waals surface area contributed by atoms with Crippen molar-refractivity contribution in [1.29, 1.82) is 5.26 Å². The van der Waals surface area contributed by atoms with Crippen LogP contribution in [0.5, 0.6) is 0 Å². The van der Waals surface area contributed by atoms with Crippen molar-refractivity contribution in [1.82, 2.24) is 29.3 Å². The predicted molar refractivity (Wildman–Crippen MR) is 66.8 cm³/mol. The van der Waals surface area contributed by atoms with Gasteiger partial charge in [0.05, 0.1) is 18.1 Å². The van der Waals surface area contributed by atoms with Gasteiger partial charge in [0, 0.05) is 19.4 Å². The Morgan fingerprint density at radius 3 is 3.05 bits per heavy atom. The molecule has 2 N–H and O–H groups in total. The van der Waals surface area contributed by atoms with Crippen LogP contribution in [0, 0.1) is 11.3 Å². The zero-order chi connectivity index (χ0) is 13.4. The van der Waals surface area contributed by atoms with Gasteiger partial charge in [0.1, 0.15) is 11.9 Å². The molecule has 0 radical (unpaired) electrons. The molecule has 0 aliphatic carbocycles. The minimum Gasteiger partial charge on any atom is -0.383 e. The first-order valence-electron chi connectivity index (χ1n) is 5.54. The zero-order valence-corrected chi connectivity index (χ0v) is 10.1. The highest BCUT2D eigenvalue weighted by atomic mass is 15.3. The molecule has 3 aromatic heterocycles. The second-order valence-electron chi connectivity index (χ2n) is 4.02. The third-order valence-electron chi connectivity index (χ3n) is 2.80. The number of nitriles is 1. The van der Waals surface area contributed by atoms with Crippen molar-refractivity contribution in [3.63, 3.8) is 0 Å². The number of hydrogen-bond donors (Lipinski definition) is 1. The van der Waals surface area contributed by atoms with Gasteiger partial charge in [-0.2, -0.15) is 10.4 Å². The molecule has 0 amide bonds. The number of hydrogen-bond acceptors (Lipinski definition) is 6. The van der Waals surface area contributed by atoms with Crippen LogP contribution in [-0.4, -0.2) is 29.3 Å². The van der Waals surface area contributed by atoms with Crippen molar-refractivity contribution in [2.24, 2.45) is 7.05 Å². The van der Waals surface area contributed by atoms with Gasteiger partial charge in [-0.05, 0) is 0 Å². The summed E-state index contributed by atoms with van der Waals surface area (Å²) < 4.78 is 3.30. The Hall–Kier alpha value is -2.95. The number of nitrogens with two attached hydrogens (primary N) is 1. The van der Waals surface area contributed by atoms with Gasteiger partial charge in [0.15, 0.2) is 11.5 Å². The maximum Gasteiger partial charge on any atom is 0.213 e. The van der Waals surface area contributed by atoms with Crippen LogP contribution in [0.25, 0.3) is 11.0 Å². The topological polar surface area (TPSA) is 111 Å². The standard InChI is InChI=1S/C11H10N8/c1-18-11-7(5-15-18)10(13)16-8(17-11)6-19-3-2-14-9(19)4-12/h2-3,5H,6H2,1H3,(H2,13,16,17). The molecule has 0 aliphatic heterocycles. The molecule has 8 nitrogen and oxygen atoms in total. The highest BCUT2D eigenvalue weighted by Gasteiger charge is 2.10. The van der Waals surface area contributed by atoms with E-state index in [4.69, 9.17) is 11.0 Å². The fourth-order valence-corrected chi connectivity index (χ4v) is 1.86. The lowest BCUT2D eigenvalue weighted by Crippen LogP contribution is -2.08. The lowest BCUT2D eigenvalue weighted by molar-refractivity contribution is 0.727. The molecule has 0 aromatic carbocycles. The Bertz CT molecular complexity index is 791. The highest BCUT2D eigenvalue weighted by Crippen LogP contribution is 2.16. The van der Waals surface area contributed by atoms with E-state index >= 15 is 0 Å². The Kier molecular flexibility index (Phi) is 2.38. The van der Waals surface area contributed by atoms with E-state index in [1.165, 1.54) is 0 Å². The number of nitrogens with zero attached hydrogens (tertiary/aromatic N) is 7. The van der Waals surface area contributed by atoms with Crippen molar-refractivity contribution in [2.75, 3.05) is 5.73 Å². The second-order valence-corrected chi connectivity index (χ2v) is 4.02. The minimum absolute atomic E-state index is 0.312. The SMILES string of the molecule is Cn1ncc2c(N)nc(Cn3ccnc3C#N)nc21. The van der Waals surface area contributed by atoms with E-state index in [0.717, 1.165) is 5.39 Å². The van der Waals surface area contributed by atoms with Crippen LogP contribution in [0.4, 0.5) is 5.82 Å². The molecule has 0 aliphatic rings. The summed E-state index contributed by atoms with van der Waals surface area (Å²) in [5.74, 6) is 1.21. The second kappa shape index (κ2) is 4.06. The first kappa shape index (κ1) is 11.2. The first-order valence-corrected chi connectivity index (χ1v) is 5.54. The van der Waals surface area contributed by atoms with Crippen LogP contribution in [0.15, 0.2) is 18.6 Å². The molecule has 0 spiro atoms. The quantitative estimate of drug-likeness (QED) is 0.692. The van der Waals surface area contributed by atoms with Crippen LogP contribution in [-0.2, 0) is 13.6 Å². The number of aromatic nitrogens is 6. The van der Waals surface area contributed by atoms with Crippen molar-refractivity contribution in [3.8, 4) is 6.07 Å². The van der Waals surface area contributed by atoms with Crippen molar-refractivity contribution >= 4 is 16.9 Å². The van der Waals surface area contributed by atoms with Gasteiger partial charge in [0.25, 0.3) is 0 Å². The Morgan fingerprint density at radius 1 is 1.42 bits per heavy atom. The van der Waals surface area contributed by atoms with Crippen molar-refractivity contribution in [2.45, 2.75) is 6.54 Å². The van der Waals surface area contributed by atoms with Crippen LogP contribution in [0.3, 0.4) is 0 Å². The van der Waals surface area contributed by atoms with Crippen LogP contribution >= 0.6 is 0 Å². The van der Waals surface area contributed by atoms with Gasteiger partial charge < -0.3 is 10.3 Å². The Balaban J connectivity index is 2.06. The average molecular weight is 254 g/mol. The number of fused-ring (bicyclic) bond motifs is 1. The van der Waals surface area contributed by atoms with E-state index < -0.39 is 0 Å². The van der Waals surface area contributed by atoms with Gasteiger partial charge >= 0.3 is 0 Å². The molecule has 19 heavy (non-hydrogen) atoms. The first-order chi connectivity index (χ1) is 9.19. The molecule has 3 aromatic rings. The van der Waals surface area contributed by atoms with Crippen LogP contribution < -0.4 is 5.73 Å². The summed E-state index contributed by atoms with van der Waals surface area (Å²) in [5, 5.41) is 13.7. The third kappa shape index (κ3) is 1.77. The molecular weight excluding hydrogens is 244 g/mol. The normalized spacial score (nSPS) is 10.7.